The van der Waals surface area contributed by atoms with Crippen molar-refractivity contribution in [1.29, 1.82) is 0 Å². The van der Waals surface area contributed by atoms with Gasteiger partial charge in [0.05, 0.1) is 0 Å². The first-order valence-electron chi connectivity index (χ1n) is 6.28. The van der Waals surface area contributed by atoms with E-state index >= 15 is 0 Å². The van der Waals surface area contributed by atoms with Crippen molar-refractivity contribution in [3.63, 3.8) is 0 Å². The van der Waals surface area contributed by atoms with Crippen LogP contribution in [0.1, 0.15) is 0 Å². The minimum absolute atomic E-state index is 8.24. The van der Waals surface area contributed by atoms with Crippen LogP contribution in [-0.4, -0.2) is 59.2 Å². The van der Waals surface area contributed by atoms with E-state index in [1.165, 1.54) is 0 Å². The molecule has 1 rings (SSSR count). The summed E-state index contributed by atoms with van der Waals surface area (Å²) in [5.74, 6) is -53.0. The van der Waals surface area contributed by atoms with Crippen molar-refractivity contribution in [2.24, 2.45) is 0 Å². The van der Waals surface area contributed by atoms with Gasteiger partial charge in [-0.3, -0.25) is 0 Å². The largest absolute Gasteiger partial charge is 0.457 e. The van der Waals surface area contributed by atoms with E-state index < -0.39 is 59.2 Å². The van der Waals surface area contributed by atoms with Gasteiger partial charge in [0.2, 0.25) is 0 Å². The van der Waals surface area contributed by atoms with Crippen LogP contribution in [0.2, 0.25) is 0 Å². The molecule has 30 heavy (non-hydrogen) atoms. The van der Waals surface area contributed by atoms with Crippen LogP contribution in [0.25, 0.3) is 0 Å². The first-order valence-corrected chi connectivity index (χ1v) is 6.28. The van der Waals surface area contributed by atoms with Gasteiger partial charge in [-0.2, -0.15) is 79.0 Å². The van der Waals surface area contributed by atoms with E-state index in [1.807, 2.05) is 0 Å². The second kappa shape index (κ2) is 5.69. The smallest absolute Gasteiger partial charge is 0.223 e. The molecule has 1 aliphatic carbocycles. The molecular weight excluding hydrogens is 500 g/mol. The third-order valence-electron chi connectivity index (χ3n) is 4.10. The summed E-state index contributed by atoms with van der Waals surface area (Å²) in [5.41, 5.74) is -18.2. The molecule has 0 spiro atoms. The summed E-state index contributed by atoms with van der Waals surface area (Å²) >= 11 is 0. The Morgan fingerprint density at radius 1 is 0.300 bits per heavy atom. The van der Waals surface area contributed by atoms with E-state index in [-0.39, 0.29) is 0 Å². The molecule has 0 aliphatic heterocycles. The molecule has 1 fully saturated rings. The van der Waals surface area contributed by atoms with Crippen LogP contribution in [0.3, 0.4) is 0 Å². The molecule has 1 saturated carbocycles. The molecule has 0 aromatic rings. The van der Waals surface area contributed by atoms with Crippen molar-refractivity contribution in [2.45, 2.75) is 59.2 Å². The monoisotopic (exact) mass is 500 g/mol. The second-order valence-electron chi connectivity index (χ2n) is 5.76. The Labute approximate surface area is 148 Å². The normalized spacial score (nSPS) is 34.0. The van der Waals surface area contributed by atoms with E-state index in [2.05, 4.69) is 0 Å². The zero-order valence-corrected chi connectivity index (χ0v) is 12.6. The van der Waals surface area contributed by atoms with Crippen molar-refractivity contribution >= 4 is 0 Å². The predicted octanol–water partition coefficient (Wildman–Crippen LogP) is 6.35. The first-order chi connectivity index (χ1) is 12.5. The Kier molecular flexibility index (Phi) is 5.05. The van der Waals surface area contributed by atoms with Crippen molar-refractivity contribution < 1.29 is 87.8 Å². The summed E-state index contributed by atoms with van der Waals surface area (Å²) in [5, 5.41) is 0. The topological polar surface area (TPSA) is 0 Å². The van der Waals surface area contributed by atoms with Gasteiger partial charge in [-0.15, -0.1) is 0 Å². The zero-order valence-electron chi connectivity index (χ0n) is 12.6. The van der Waals surface area contributed by atoms with Crippen LogP contribution in [0.5, 0.6) is 0 Å². The summed E-state index contributed by atoms with van der Waals surface area (Å²) in [7, 11) is 0. The van der Waals surface area contributed by atoms with Crippen LogP contribution in [0.15, 0.2) is 0 Å². The van der Waals surface area contributed by atoms with Crippen LogP contribution in [0, 0.1) is 0 Å². The lowest BCUT2D eigenvalue weighted by Crippen LogP contribution is -2.92. The van der Waals surface area contributed by atoms with Gasteiger partial charge in [-0.05, 0) is 0 Å². The number of hydrogen-bond acceptors (Lipinski definition) is 0. The molecule has 0 aromatic carbocycles. The predicted molar refractivity (Wildman–Crippen MR) is 49.5 cm³/mol. The second-order valence-corrected chi connectivity index (χ2v) is 5.76. The molecule has 1 aliphatic rings. The minimum atomic E-state index is -9.16. The fraction of sp³-hybridized carbons (Fsp3) is 1.00. The maximum atomic E-state index is 13.9. The third kappa shape index (κ3) is 2.22. The molecule has 180 valence electrons. The number of rotatable bonds is 2. The summed E-state index contributed by atoms with van der Waals surface area (Å²) in [6.45, 7) is 0. The van der Waals surface area contributed by atoms with Gasteiger partial charge in [0.15, 0.2) is 0 Å². The Bertz CT molecular complexity index is 637. The molecule has 0 aromatic heterocycles. The minimum Gasteiger partial charge on any atom is -0.223 e. The van der Waals surface area contributed by atoms with Crippen molar-refractivity contribution in [3.05, 3.63) is 0 Å². The van der Waals surface area contributed by atoms with E-state index in [0.29, 0.717) is 0 Å². The van der Waals surface area contributed by atoms with Crippen molar-refractivity contribution in [3.8, 4) is 0 Å². The molecule has 0 saturated heterocycles. The number of alkyl halides is 20. The molecule has 0 heterocycles. The lowest BCUT2D eigenvalue weighted by Gasteiger charge is -2.57. The van der Waals surface area contributed by atoms with Gasteiger partial charge >= 0.3 is 59.2 Å². The Morgan fingerprint density at radius 2 is 0.500 bits per heavy atom. The number of halogens is 20. The van der Waals surface area contributed by atoms with E-state index in [1.54, 1.807) is 0 Å². The van der Waals surface area contributed by atoms with Crippen molar-refractivity contribution in [1.82, 2.24) is 0 Å². The quantitative estimate of drug-likeness (QED) is 0.388. The lowest BCUT2D eigenvalue weighted by molar-refractivity contribution is -0.532. The summed E-state index contributed by atoms with van der Waals surface area (Å²) < 4.78 is 260. The molecule has 2 atom stereocenters. The van der Waals surface area contributed by atoms with Crippen LogP contribution >= 0.6 is 0 Å². The highest BCUT2D eigenvalue weighted by molar-refractivity contribution is 5.36. The number of hydrogen-bond donors (Lipinski definition) is 0. The Morgan fingerprint density at radius 3 is 0.667 bits per heavy atom. The molecule has 20 heteroatoms. The molecular formula is C10F20. The summed E-state index contributed by atoms with van der Waals surface area (Å²) in [6, 6.07) is 0. The zero-order chi connectivity index (χ0) is 25.0. The van der Waals surface area contributed by atoms with Crippen LogP contribution < -0.4 is 0 Å². The summed E-state index contributed by atoms with van der Waals surface area (Å²) in [6.07, 6.45) is -16.5. The maximum Gasteiger partial charge on any atom is 0.457 e. The highest BCUT2D eigenvalue weighted by atomic mass is 19.4. The fourth-order valence-electron chi connectivity index (χ4n) is 2.44. The van der Waals surface area contributed by atoms with Crippen LogP contribution in [0.4, 0.5) is 87.8 Å². The van der Waals surface area contributed by atoms with Gasteiger partial charge in [0.25, 0.3) is 0 Å². The first kappa shape index (κ1) is 26.6. The van der Waals surface area contributed by atoms with Gasteiger partial charge < -0.3 is 0 Å². The average molecular weight is 500 g/mol. The van der Waals surface area contributed by atoms with Gasteiger partial charge in [-0.25, -0.2) is 8.78 Å². The highest BCUT2D eigenvalue weighted by Gasteiger charge is 3.10. The molecule has 0 unspecified atom stereocenters. The molecule has 0 N–H and O–H groups in total. The van der Waals surface area contributed by atoms with Gasteiger partial charge in [0, 0.05) is 0 Å². The third-order valence-corrected chi connectivity index (χ3v) is 4.10. The molecule has 0 nitrogen and oxygen atoms in total. The lowest BCUT2D eigenvalue weighted by atomic mass is 9.62. The van der Waals surface area contributed by atoms with Crippen molar-refractivity contribution in [2.75, 3.05) is 0 Å². The Balaban J connectivity index is 4.37. The molecule has 0 amide bonds. The van der Waals surface area contributed by atoms with E-state index in [0.717, 1.165) is 0 Å². The van der Waals surface area contributed by atoms with Crippen LogP contribution in [-0.2, 0) is 0 Å². The standard InChI is InChI=1S/C10F20/c11-1(6(19,20)9(25,26)27)3(13,14)2(12,7(21,22)10(28,29)30)5(17,18)8(23,24)4(1,15)16/t1-,2+. The van der Waals surface area contributed by atoms with Gasteiger partial charge in [-0.1, -0.05) is 0 Å². The molecule has 0 bridgehead atoms. The maximum absolute atomic E-state index is 13.9. The SMILES string of the molecule is FC(F)(F)C(F)(F)[C@@]1(F)C(F)(F)C(F)(F)C(F)(F)[C@@](F)(C(F)(F)C(F)(F)F)C1(F)F. The Hall–Kier alpha value is -1.40. The highest BCUT2D eigenvalue weighted by Crippen LogP contribution is 2.76. The average Bonchev–Trinajstić information content (AvgIpc) is 2.48. The van der Waals surface area contributed by atoms with E-state index in [9.17, 15) is 87.8 Å². The fourth-order valence-corrected chi connectivity index (χ4v) is 2.44. The van der Waals surface area contributed by atoms with E-state index in [4.69, 9.17) is 0 Å². The van der Waals surface area contributed by atoms with Gasteiger partial charge in [0.1, 0.15) is 0 Å². The molecule has 0 radical (unpaired) electrons. The summed E-state index contributed by atoms with van der Waals surface area (Å²) in [4.78, 5) is 0.